The molecule has 1 aromatic heterocycles. The van der Waals surface area contributed by atoms with Crippen molar-refractivity contribution in [3.05, 3.63) is 47.5 Å². The summed E-state index contributed by atoms with van der Waals surface area (Å²) in [6.45, 7) is 3.52. The summed E-state index contributed by atoms with van der Waals surface area (Å²) in [6.07, 6.45) is 2.46. The smallest absolute Gasteiger partial charge is 0.257 e. The highest BCUT2D eigenvalue weighted by Gasteiger charge is 2.26. The zero-order valence-corrected chi connectivity index (χ0v) is 12.7. The van der Waals surface area contributed by atoms with Gasteiger partial charge in [0.05, 0.1) is 17.5 Å². The summed E-state index contributed by atoms with van der Waals surface area (Å²) in [5, 5.41) is 7.44. The Bertz CT molecular complexity index is 691. The van der Waals surface area contributed by atoms with Crippen molar-refractivity contribution in [1.29, 1.82) is 0 Å². The maximum atomic E-state index is 13.9. The van der Waals surface area contributed by atoms with Crippen molar-refractivity contribution in [3.63, 3.8) is 0 Å². The SMILES string of the molecule is Cc1c(C(=O)N(C)C2CCNC2)cnn1-c1ccccc1F. The van der Waals surface area contributed by atoms with Crippen molar-refractivity contribution in [3.8, 4) is 5.69 Å². The maximum absolute atomic E-state index is 13.9. The molecule has 0 spiro atoms. The summed E-state index contributed by atoms with van der Waals surface area (Å²) in [7, 11) is 1.81. The highest BCUT2D eigenvalue weighted by Crippen LogP contribution is 2.19. The molecular weight excluding hydrogens is 283 g/mol. The first kappa shape index (κ1) is 14.7. The van der Waals surface area contributed by atoms with Gasteiger partial charge in [0.25, 0.3) is 5.91 Å². The lowest BCUT2D eigenvalue weighted by molar-refractivity contribution is 0.0743. The van der Waals surface area contributed by atoms with Crippen LogP contribution in [0.4, 0.5) is 4.39 Å². The summed E-state index contributed by atoms with van der Waals surface area (Å²) < 4.78 is 15.4. The predicted molar refractivity (Wildman–Crippen MR) is 81.6 cm³/mol. The van der Waals surface area contributed by atoms with Crippen molar-refractivity contribution in [2.75, 3.05) is 20.1 Å². The Hall–Kier alpha value is -2.21. The molecule has 0 saturated carbocycles. The van der Waals surface area contributed by atoms with E-state index in [9.17, 15) is 9.18 Å². The van der Waals surface area contributed by atoms with Crippen LogP contribution in [0.15, 0.2) is 30.5 Å². The number of likely N-dealkylation sites (N-methyl/N-ethyl adjacent to an activating group) is 1. The summed E-state index contributed by atoms with van der Waals surface area (Å²) >= 11 is 0. The molecule has 0 radical (unpaired) electrons. The van der Waals surface area contributed by atoms with Gasteiger partial charge in [0.2, 0.25) is 0 Å². The molecule has 2 heterocycles. The molecule has 116 valence electrons. The fraction of sp³-hybridized carbons (Fsp3) is 0.375. The number of para-hydroxylation sites is 1. The van der Waals surface area contributed by atoms with Gasteiger partial charge in [0.1, 0.15) is 11.5 Å². The van der Waals surface area contributed by atoms with Crippen LogP contribution >= 0.6 is 0 Å². The molecule has 1 saturated heterocycles. The minimum Gasteiger partial charge on any atom is -0.337 e. The Kier molecular flexibility index (Phi) is 3.94. The average molecular weight is 302 g/mol. The number of nitrogens with zero attached hydrogens (tertiary/aromatic N) is 3. The van der Waals surface area contributed by atoms with E-state index in [1.54, 1.807) is 37.1 Å². The monoisotopic (exact) mass is 302 g/mol. The van der Waals surface area contributed by atoms with Crippen LogP contribution in [0.3, 0.4) is 0 Å². The number of benzene rings is 1. The number of hydrogen-bond donors (Lipinski definition) is 1. The zero-order valence-electron chi connectivity index (χ0n) is 12.7. The van der Waals surface area contributed by atoms with E-state index in [2.05, 4.69) is 10.4 Å². The Morgan fingerprint density at radius 2 is 2.23 bits per heavy atom. The Labute approximate surface area is 128 Å². The summed E-state index contributed by atoms with van der Waals surface area (Å²) in [6, 6.07) is 6.61. The zero-order chi connectivity index (χ0) is 15.7. The van der Waals surface area contributed by atoms with E-state index in [0.717, 1.165) is 19.5 Å². The summed E-state index contributed by atoms with van der Waals surface area (Å²) in [4.78, 5) is 14.4. The van der Waals surface area contributed by atoms with Gasteiger partial charge in [-0.1, -0.05) is 12.1 Å². The quantitative estimate of drug-likeness (QED) is 0.940. The van der Waals surface area contributed by atoms with Gasteiger partial charge in [0, 0.05) is 19.6 Å². The van der Waals surface area contributed by atoms with Crippen LogP contribution in [0.25, 0.3) is 5.69 Å². The van der Waals surface area contributed by atoms with Gasteiger partial charge >= 0.3 is 0 Å². The Balaban J connectivity index is 1.90. The van der Waals surface area contributed by atoms with E-state index in [0.29, 0.717) is 16.9 Å². The van der Waals surface area contributed by atoms with Crippen molar-refractivity contribution < 1.29 is 9.18 Å². The second-order valence-electron chi connectivity index (χ2n) is 5.57. The van der Waals surface area contributed by atoms with Crippen LogP contribution in [0.2, 0.25) is 0 Å². The van der Waals surface area contributed by atoms with E-state index >= 15 is 0 Å². The molecule has 1 aromatic carbocycles. The van der Waals surface area contributed by atoms with E-state index in [1.807, 2.05) is 0 Å². The van der Waals surface area contributed by atoms with E-state index in [-0.39, 0.29) is 17.8 Å². The number of halogens is 1. The van der Waals surface area contributed by atoms with Gasteiger partial charge in [-0.2, -0.15) is 5.10 Å². The van der Waals surface area contributed by atoms with Crippen LogP contribution in [0, 0.1) is 12.7 Å². The standard InChI is InChI=1S/C16H19FN4O/c1-11-13(16(22)20(2)12-7-8-18-9-12)10-19-21(11)15-6-4-3-5-14(15)17/h3-6,10,12,18H,7-9H2,1-2H3. The minimum absolute atomic E-state index is 0.0752. The average Bonchev–Trinajstić information content (AvgIpc) is 3.16. The Morgan fingerprint density at radius 1 is 1.45 bits per heavy atom. The largest absolute Gasteiger partial charge is 0.337 e. The van der Waals surface area contributed by atoms with Crippen LogP contribution in [0.1, 0.15) is 22.5 Å². The molecule has 1 fully saturated rings. The molecule has 0 bridgehead atoms. The van der Waals surface area contributed by atoms with Crippen LogP contribution in [0.5, 0.6) is 0 Å². The number of nitrogens with one attached hydrogen (secondary N) is 1. The molecular formula is C16H19FN4O. The normalized spacial score (nSPS) is 17.7. The molecule has 5 nitrogen and oxygen atoms in total. The fourth-order valence-electron chi connectivity index (χ4n) is 2.81. The third kappa shape index (κ3) is 2.50. The first-order valence-corrected chi connectivity index (χ1v) is 7.37. The molecule has 1 aliphatic heterocycles. The first-order chi connectivity index (χ1) is 10.6. The van der Waals surface area contributed by atoms with E-state index in [1.165, 1.54) is 16.9 Å². The van der Waals surface area contributed by atoms with Gasteiger partial charge in [-0.15, -0.1) is 0 Å². The summed E-state index contributed by atoms with van der Waals surface area (Å²) in [5.74, 6) is -0.435. The topological polar surface area (TPSA) is 50.2 Å². The Morgan fingerprint density at radius 3 is 2.91 bits per heavy atom. The lowest BCUT2D eigenvalue weighted by atomic mass is 10.1. The van der Waals surface area contributed by atoms with E-state index in [4.69, 9.17) is 0 Å². The van der Waals surface area contributed by atoms with Gasteiger partial charge in [0.15, 0.2) is 0 Å². The number of aromatic nitrogens is 2. The number of carbonyl (C=O) groups excluding carboxylic acids is 1. The second-order valence-corrected chi connectivity index (χ2v) is 5.57. The highest BCUT2D eigenvalue weighted by atomic mass is 19.1. The maximum Gasteiger partial charge on any atom is 0.257 e. The predicted octanol–water partition coefficient (Wildman–Crippen LogP) is 1.75. The third-order valence-corrected chi connectivity index (χ3v) is 4.22. The number of rotatable bonds is 3. The molecule has 2 aromatic rings. The molecule has 1 unspecified atom stereocenters. The van der Waals surface area contributed by atoms with Crippen molar-refractivity contribution >= 4 is 5.91 Å². The van der Waals surface area contributed by atoms with Gasteiger partial charge < -0.3 is 10.2 Å². The number of carbonyl (C=O) groups is 1. The van der Waals surface area contributed by atoms with Crippen molar-refractivity contribution in [2.45, 2.75) is 19.4 Å². The molecule has 0 aliphatic carbocycles. The third-order valence-electron chi connectivity index (χ3n) is 4.22. The van der Waals surface area contributed by atoms with Gasteiger partial charge in [-0.3, -0.25) is 4.79 Å². The lowest BCUT2D eigenvalue weighted by Gasteiger charge is -2.23. The summed E-state index contributed by atoms with van der Waals surface area (Å²) in [5.41, 5.74) is 1.51. The molecule has 1 atom stereocenters. The van der Waals surface area contributed by atoms with Crippen molar-refractivity contribution in [1.82, 2.24) is 20.0 Å². The number of hydrogen-bond acceptors (Lipinski definition) is 3. The molecule has 1 amide bonds. The second kappa shape index (κ2) is 5.88. The molecule has 1 aliphatic rings. The fourth-order valence-corrected chi connectivity index (χ4v) is 2.81. The van der Waals surface area contributed by atoms with Crippen LogP contribution in [-0.4, -0.2) is 46.8 Å². The van der Waals surface area contributed by atoms with E-state index < -0.39 is 0 Å². The van der Waals surface area contributed by atoms with Crippen LogP contribution < -0.4 is 5.32 Å². The molecule has 6 heteroatoms. The lowest BCUT2D eigenvalue weighted by Crippen LogP contribution is -2.38. The first-order valence-electron chi connectivity index (χ1n) is 7.37. The van der Waals surface area contributed by atoms with Gasteiger partial charge in [-0.25, -0.2) is 9.07 Å². The van der Waals surface area contributed by atoms with Crippen LogP contribution in [-0.2, 0) is 0 Å². The molecule has 3 rings (SSSR count). The number of amides is 1. The van der Waals surface area contributed by atoms with Gasteiger partial charge in [-0.05, 0) is 32.0 Å². The molecule has 1 N–H and O–H groups in total. The minimum atomic E-state index is -0.360. The molecule has 22 heavy (non-hydrogen) atoms. The highest BCUT2D eigenvalue weighted by molar-refractivity contribution is 5.95. The van der Waals surface area contributed by atoms with Crippen molar-refractivity contribution in [2.24, 2.45) is 0 Å².